The molecule has 0 bridgehead atoms. The van der Waals surface area contributed by atoms with Crippen molar-refractivity contribution in [1.29, 1.82) is 0 Å². The number of ether oxygens (including phenoxy) is 1. The van der Waals surface area contributed by atoms with Crippen LogP contribution in [0.25, 0.3) is 0 Å². The SMILES string of the molecule is O=C(NC(CCc1ccccc1)COCc1cccc([N+](=O)[O-])c1)c1ccccc1. The van der Waals surface area contributed by atoms with Gasteiger partial charge in [-0.2, -0.15) is 0 Å². The normalized spacial score (nSPS) is 11.6. The van der Waals surface area contributed by atoms with Crippen molar-refractivity contribution < 1.29 is 14.5 Å². The first-order valence-corrected chi connectivity index (χ1v) is 9.83. The van der Waals surface area contributed by atoms with Gasteiger partial charge in [-0.3, -0.25) is 14.9 Å². The van der Waals surface area contributed by atoms with Crippen LogP contribution in [-0.4, -0.2) is 23.5 Å². The van der Waals surface area contributed by atoms with E-state index >= 15 is 0 Å². The van der Waals surface area contributed by atoms with Crippen molar-refractivity contribution >= 4 is 11.6 Å². The molecule has 0 aliphatic carbocycles. The largest absolute Gasteiger partial charge is 0.375 e. The maximum Gasteiger partial charge on any atom is 0.269 e. The molecule has 1 N–H and O–H groups in total. The van der Waals surface area contributed by atoms with Gasteiger partial charge in [0.1, 0.15) is 0 Å². The molecule has 3 aromatic carbocycles. The lowest BCUT2D eigenvalue weighted by atomic mass is 10.1. The number of carbonyl (C=O) groups is 1. The zero-order valence-corrected chi connectivity index (χ0v) is 16.6. The number of carbonyl (C=O) groups excluding carboxylic acids is 1. The summed E-state index contributed by atoms with van der Waals surface area (Å²) in [4.78, 5) is 23.1. The van der Waals surface area contributed by atoms with Crippen molar-refractivity contribution in [1.82, 2.24) is 5.32 Å². The van der Waals surface area contributed by atoms with E-state index in [1.807, 2.05) is 36.4 Å². The number of benzene rings is 3. The minimum Gasteiger partial charge on any atom is -0.375 e. The zero-order chi connectivity index (χ0) is 21.2. The second kappa shape index (κ2) is 10.9. The Kier molecular flexibility index (Phi) is 7.69. The predicted molar refractivity (Wildman–Crippen MR) is 115 cm³/mol. The molecule has 0 aromatic heterocycles. The third-order valence-electron chi connectivity index (χ3n) is 4.70. The summed E-state index contributed by atoms with van der Waals surface area (Å²) in [6.45, 7) is 0.554. The molecule has 1 amide bonds. The van der Waals surface area contributed by atoms with Gasteiger partial charge in [0.25, 0.3) is 11.6 Å². The molecule has 6 nitrogen and oxygen atoms in total. The molecule has 0 spiro atoms. The number of nitro benzene ring substituents is 1. The van der Waals surface area contributed by atoms with Gasteiger partial charge in [0.05, 0.1) is 24.2 Å². The van der Waals surface area contributed by atoms with E-state index in [2.05, 4.69) is 17.4 Å². The van der Waals surface area contributed by atoms with Crippen LogP contribution in [0.2, 0.25) is 0 Å². The first-order chi connectivity index (χ1) is 14.6. The number of aryl methyl sites for hydroxylation is 1. The standard InChI is InChI=1S/C24H24N2O4/c27-24(21-11-5-2-6-12-21)25-22(15-14-19-8-3-1-4-9-19)18-30-17-20-10-7-13-23(16-20)26(28)29/h1-13,16,22H,14-15,17-18H2,(H,25,27). The summed E-state index contributed by atoms with van der Waals surface area (Å²) in [5, 5.41) is 14.0. The van der Waals surface area contributed by atoms with Crippen LogP contribution in [0.4, 0.5) is 5.69 Å². The third-order valence-corrected chi connectivity index (χ3v) is 4.70. The molecule has 3 rings (SSSR count). The number of amides is 1. The van der Waals surface area contributed by atoms with Crippen LogP contribution >= 0.6 is 0 Å². The number of nitrogens with zero attached hydrogens (tertiary/aromatic N) is 1. The highest BCUT2D eigenvalue weighted by Crippen LogP contribution is 2.14. The Hall–Kier alpha value is -3.51. The van der Waals surface area contributed by atoms with Crippen LogP contribution in [0.3, 0.4) is 0 Å². The van der Waals surface area contributed by atoms with Gasteiger partial charge in [-0.1, -0.05) is 60.7 Å². The summed E-state index contributed by atoms with van der Waals surface area (Å²) in [5.41, 5.74) is 2.55. The zero-order valence-electron chi connectivity index (χ0n) is 16.6. The Morgan fingerprint density at radius 1 is 0.933 bits per heavy atom. The summed E-state index contributed by atoms with van der Waals surface area (Å²) in [7, 11) is 0. The number of hydrogen-bond acceptors (Lipinski definition) is 4. The molecule has 6 heteroatoms. The van der Waals surface area contributed by atoms with Gasteiger partial charge in [-0.05, 0) is 36.1 Å². The second-order valence-corrected chi connectivity index (χ2v) is 7.00. The van der Waals surface area contributed by atoms with Gasteiger partial charge in [0.15, 0.2) is 0 Å². The van der Waals surface area contributed by atoms with Crippen molar-refractivity contribution in [3.05, 3.63) is 112 Å². The number of hydrogen-bond donors (Lipinski definition) is 1. The first-order valence-electron chi connectivity index (χ1n) is 9.83. The molecule has 0 saturated carbocycles. The van der Waals surface area contributed by atoms with Gasteiger partial charge >= 0.3 is 0 Å². The van der Waals surface area contributed by atoms with E-state index in [1.165, 1.54) is 17.7 Å². The minimum absolute atomic E-state index is 0.0362. The maximum absolute atomic E-state index is 12.6. The summed E-state index contributed by atoms with van der Waals surface area (Å²) in [5.74, 6) is -0.146. The highest BCUT2D eigenvalue weighted by Gasteiger charge is 2.15. The van der Waals surface area contributed by atoms with E-state index in [0.717, 1.165) is 18.4 Å². The van der Waals surface area contributed by atoms with E-state index in [0.29, 0.717) is 12.2 Å². The Labute approximate surface area is 175 Å². The van der Waals surface area contributed by atoms with Crippen LogP contribution in [-0.2, 0) is 17.8 Å². The molecule has 30 heavy (non-hydrogen) atoms. The summed E-state index contributed by atoms with van der Waals surface area (Å²) in [6, 6.07) is 25.3. The monoisotopic (exact) mass is 404 g/mol. The van der Waals surface area contributed by atoms with Crippen molar-refractivity contribution in [2.75, 3.05) is 6.61 Å². The van der Waals surface area contributed by atoms with Crippen LogP contribution < -0.4 is 5.32 Å². The number of nitro groups is 1. The van der Waals surface area contributed by atoms with Crippen LogP contribution in [0.1, 0.15) is 27.9 Å². The van der Waals surface area contributed by atoms with Crippen molar-refractivity contribution in [2.24, 2.45) is 0 Å². The summed E-state index contributed by atoms with van der Waals surface area (Å²) < 4.78 is 5.80. The Balaban J connectivity index is 1.60. The van der Waals surface area contributed by atoms with E-state index in [4.69, 9.17) is 4.74 Å². The molecular weight excluding hydrogens is 380 g/mol. The lowest BCUT2D eigenvalue weighted by Gasteiger charge is -2.19. The molecule has 0 saturated heterocycles. The number of nitrogens with one attached hydrogen (secondary N) is 1. The highest BCUT2D eigenvalue weighted by molar-refractivity contribution is 5.94. The highest BCUT2D eigenvalue weighted by atomic mass is 16.6. The van der Waals surface area contributed by atoms with E-state index in [-0.39, 0.29) is 24.2 Å². The van der Waals surface area contributed by atoms with Gasteiger partial charge in [-0.15, -0.1) is 0 Å². The number of non-ortho nitro benzene ring substituents is 1. The van der Waals surface area contributed by atoms with E-state index in [1.54, 1.807) is 24.3 Å². The van der Waals surface area contributed by atoms with Crippen LogP contribution in [0.5, 0.6) is 0 Å². The van der Waals surface area contributed by atoms with Crippen molar-refractivity contribution in [3.8, 4) is 0 Å². The second-order valence-electron chi connectivity index (χ2n) is 7.00. The smallest absolute Gasteiger partial charge is 0.269 e. The molecular formula is C24H24N2O4. The fourth-order valence-electron chi connectivity index (χ4n) is 3.12. The average molecular weight is 404 g/mol. The van der Waals surface area contributed by atoms with Gasteiger partial charge < -0.3 is 10.1 Å². The molecule has 0 fully saturated rings. The van der Waals surface area contributed by atoms with Gasteiger partial charge in [0, 0.05) is 17.7 Å². The molecule has 1 unspecified atom stereocenters. The molecule has 0 aliphatic heterocycles. The fourth-order valence-corrected chi connectivity index (χ4v) is 3.12. The summed E-state index contributed by atoms with van der Waals surface area (Å²) >= 11 is 0. The van der Waals surface area contributed by atoms with Crippen molar-refractivity contribution in [2.45, 2.75) is 25.5 Å². The maximum atomic E-state index is 12.6. The van der Waals surface area contributed by atoms with Gasteiger partial charge in [0.2, 0.25) is 0 Å². The fraction of sp³-hybridized carbons (Fsp3) is 0.208. The minimum atomic E-state index is -0.424. The first kappa shape index (κ1) is 21.2. The van der Waals surface area contributed by atoms with Gasteiger partial charge in [-0.25, -0.2) is 0 Å². The Morgan fingerprint density at radius 3 is 2.30 bits per heavy atom. The molecule has 154 valence electrons. The molecule has 3 aromatic rings. The molecule has 0 heterocycles. The Bertz CT molecular complexity index is 961. The topological polar surface area (TPSA) is 81.5 Å². The van der Waals surface area contributed by atoms with Crippen LogP contribution in [0.15, 0.2) is 84.9 Å². The summed E-state index contributed by atoms with van der Waals surface area (Å²) in [6.07, 6.45) is 1.53. The number of rotatable bonds is 10. The molecule has 0 radical (unpaired) electrons. The van der Waals surface area contributed by atoms with E-state index in [9.17, 15) is 14.9 Å². The van der Waals surface area contributed by atoms with Crippen molar-refractivity contribution in [3.63, 3.8) is 0 Å². The average Bonchev–Trinajstić information content (AvgIpc) is 2.78. The molecule has 1 atom stereocenters. The predicted octanol–water partition coefficient (Wildman–Crippen LogP) is 4.54. The lowest BCUT2D eigenvalue weighted by molar-refractivity contribution is -0.384. The third kappa shape index (κ3) is 6.53. The Morgan fingerprint density at radius 2 is 1.60 bits per heavy atom. The van der Waals surface area contributed by atoms with E-state index < -0.39 is 4.92 Å². The molecule has 0 aliphatic rings. The quantitative estimate of drug-likeness (QED) is 0.397. The lowest BCUT2D eigenvalue weighted by Crippen LogP contribution is -2.38. The van der Waals surface area contributed by atoms with Crippen LogP contribution in [0, 0.1) is 10.1 Å².